The van der Waals surface area contributed by atoms with Crippen molar-refractivity contribution in [3.63, 3.8) is 0 Å². The molecular weight excluding hydrogens is 340 g/mol. The molecule has 0 saturated carbocycles. The standard InChI is InChI=1S/C18H20N2O4S/c1-4-10-24-17(22)16-13(3)19-18(25-16)20-15(21)9-11-23-14-7-5-12(2)6-8-14/h4-8H,1,9-11H2,2-3H3,(H,19,20,21). The first-order valence-corrected chi connectivity index (χ1v) is 8.56. The van der Waals surface area contributed by atoms with Gasteiger partial charge in [-0.05, 0) is 26.0 Å². The van der Waals surface area contributed by atoms with E-state index in [-0.39, 0.29) is 25.5 Å². The van der Waals surface area contributed by atoms with Crippen LogP contribution in [0.2, 0.25) is 0 Å². The summed E-state index contributed by atoms with van der Waals surface area (Å²) in [6.45, 7) is 7.57. The van der Waals surface area contributed by atoms with Crippen LogP contribution in [0.3, 0.4) is 0 Å². The van der Waals surface area contributed by atoms with E-state index in [0.29, 0.717) is 15.7 Å². The Kier molecular flexibility index (Phi) is 6.71. The molecule has 0 unspecified atom stereocenters. The number of hydrogen-bond acceptors (Lipinski definition) is 6. The number of esters is 1. The van der Waals surface area contributed by atoms with Crippen LogP contribution in [-0.2, 0) is 9.53 Å². The van der Waals surface area contributed by atoms with E-state index in [2.05, 4.69) is 16.9 Å². The lowest BCUT2D eigenvalue weighted by atomic mass is 10.2. The monoisotopic (exact) mass is 360 g/mol. The van der Waals surface area contributed by atoms with Gasteiger partial charge < -0.3 is 14.8 Å². The number of amides is 1. The maximum Gasteiger partial charge on any atom is 0.350 e. The summed E-state index contributed by atoms with van der Waals surface area (Å²) in [7, 11) is 0. The van der Waals surface area contributed by atoms with Gasteiger partial charge >= 0.3 is 5.97 Å². The predicted molar refractivity (Wildman–Crippen MR) is 97.3 cm³/mol. The van der Waals surface area contributed by atoms with Crippen LogP contribution in [0.25, 0.3) is 0 Å². The van der Waals surface area contributed by atoms with Crippen molar-refractivity contribution in [1.82, 2.24) is 4.98 Å². The van der Waals surface area contributed by atoms with Gasteiger partial charge in [-0.2, -0.15) is 0 Å². The maximum atomic E-state index is 12.0. The summed E-state index contributed by atoms with van der Waals surface area (Å²) in [5.41, 5.74) is 1.66. The van der Waals surface area contributed by atoms with Crippen LogP contribution in [0.5, 0.6) is 5.75 Å². The third-order valence-electron chi connectivity index (χ3n) is 3.18. The average Bonchev–Trinajstić information content (AvgIpc) is 2.94. The van der Waals surface area contributed by atoms with Crippen LogP contribution < -0.4 is 10.1 Å². The minimum absolute atomic E-state index is 0.133. The number of carbonyl (C=O) groups is 2. The van der Waals surface area contributed by atoms with Gasteiger partial charge in [0.05, 0.1) is 18.7 Å². The highest BCUT2D eigenvalue weighted by atomic mass is 32.1. The van der Waals surface area contributed by atoms with E-state index < -0.39 is 5.97 Å². The molecule has 1 heterocycles. The number of nitrogens with one attached hydrogen (secondary N) is 1. The van der Waals surface area contributed by atoms with Gasteiger partial charge in [0.2, 0.25) is 5.91 Å². The van der Waals surface area contributed by atoms with E-state index in [1.54, 1.807) is 6.92 Å². The van der Waals surface area contributed by atoms with Crippen LogP contribution in [0.15, 0.2) is 36.9 Å². The topological polar surface area (TPSA) is 77.5 Å². The van der Waals surface area contributed by atoms with E-state index >= 15 is 0 Å². The minimum Gasteiger partial charge on any atom is -0.493 e. The van der Waals surface area contributed by atoms with Crippen LogP contribution in [0, 0.1) is 13.8 Å². The summed E-state index contributed by atoms with van der Waals surface area (Å²) >= 11 is 1.09. The van der Waals surface area contributed by atoms with Crippen LogP contribution >= 0.6 is 11.3 Å². The van der Waals surface area contributed by atoms with Crippen molar-refractivity contribution in [3.05, 3.63) is 53.1 Å². The molecule has 1 aromatic heterocycles. The molecule has 0 bridgehead atoms. The summed E-state index contributed by atoms with van der Waals surface area (Å²) in [5.74, 6) is 0.0146. The lowest BCUT2D eigenvalue weighted by molar-refractivity contribution is -0.116. The molecule has 1 aromatic carbocycles. The molecule has 0 fully saturated rings. The smallest absolute Gasteiger partial charge is 0.350 e. The van der Waals surface area contributed by atoms with E-state index in [1.165, 1.54) is 6.08 Å². The molecule has 0 atom stereocenters. The Hall–Kier alpha value is -2.67. The lowest BCUT2D eigenvalue weighted by Gasteiger charge is -2.06. The number of rotatable bonds is 8. The SMILES string of the molecule is C=CCOC(=O)c1sc(NC(=O)CCOc2ccc(C)cc2)nc1C. The van der Waals surface area contributed by atoms with Crippen molar-refractivity contribution in [3.8, 4) is 5.75 Å². The summed E-state index contributed by atoms with van der Waals surface area (Å²) in [4.78, 5) is 28.4. The zero-order valence-electron chi connectivity index (χ0n) is 14.2. The van der Waals surface area contributed by atoms with Gasteiger partial charge in [0.1, 0.15) is 17.2 Å². The number of thiazole rings is 1. The lowest BCUT2D eigenvalue weighted by Crippen LogP contribution is -2.15. The molecule has 0 aliphatic carbocycles. The summed E-state index contributed by atoms with van der Waals surface area (Å²) in [6.07, 6.45) is 1.67. The van der Waals surface area contributed by atoms with Crippen LogP contribution in [0.4, 0.5) is 5.13 Å². The number of carbonyl (C=O) groups excluding carboxylic acids is 2. The van der Waals surface area contributed by atoms with E-state index in [9.17, 15) is 9.59 Å². The Labute approximate surface area is 150 Å². The highest BCUT2D eigenvalue weighted by Crippen LogP contribution is 2.23. The van der Waals surface area contributed by atoms with Crippen molar-refractivity contribution in [1.29, 1.82) is 0 Å². The van der Waals surface area contributed by atoms with Crippen LogP contribution in [0.1, 0.15) is 27.3 Å². The van der Waals surface area contributed by atoms with E-state index in [0.717, 1.165) is 22.6 Å². The third kappa shape index (κ3) is 5.72. The van der Waals surface area contributed by atoms with Crippen molar-refractivity contribution in [2.24, 2.45) is 0 Å². The Morgan fingerprint density at radius 3 is 2.68 bits per heavy atom. The second-order valence-corrected chi connectivity index (χ2v) is 6.28. The highest BCUT2D eigenvalue weighted by Gasteiger charge is 2.17. The van der Waals surface area contributed by atoms with Gasteiger partial charge in [0.25, 0.3) is 0 Å². The fourth-order valence-electron chi connectivity index (χ4n) is 1.92. The minimum atomic E-state index is -0.474. The largest absolute Gasteiger partial charge is 0.493 e. The van der Waals surface area contributed by atoms with Crippen molar-refractivity contribution in [2.75, 3.05) is 18.5 Å². The van der Waals surface area contributed by atoms with E-state index in [4.69, 9.17) is 9.47 Å². The van der Waals surface area contributed by atoms with Gasteiger partial charge in [-0.1, -0.05) is 41.7 Å². The van der Waals surface area contributed by atoms with Gasteiger partial charge in [0, 0.05) is 0 Å². The molecule has 132 valence electrons. The first kappa shape index (κ1) is 18.7. The summed E-state index contributed by atoms with van der Waals surface area (Å²) in [6, 6.07) is 7.61. The Morgan fingerprint density at radius 1 is 1.28 bits per heavy atom. The Morgan fingerprint density at radius 2 is 2.00 bits per heavy atom. The quantitative estimate of drug-likeness (QED) is 0.576. The number of aryl methyl sites for hydroxylation is 2. The molecular formula is C18H20N2O4S. The molecule has 0 saturated heterocycles. The molecule has 0 radical (unpaired) electrons. The van der Waals surface area contributed by atoms with Crippen molar-refractivity contribution in [2.45, 2.75) is 20.3 Å². The molecule has 1 amide bonds. The van der Waals surface area contributed by atoms with Crippen molar-refractivity contribution < 1.29 is 19.1 Å². The zero-order valence-corrected chi connectivity index (χ0v) is 15.0. The maximum absolute atomic E-state index is 12.0. The van der Waals surface area contributed by atoms with Crippen LogP contribution in [-0.4, -0.2) is 30.1 Å². The first-order chi connectivity index (χ1) is 12.0. The highest BCUT2D eigenvalue weighted by molar-refractivity contribution is 7.17. The van der Waals surface area contributed by atoms with Crippen molar-refractivity contribution >= 4 is 28.3 Å². The Balaban J connectivity index is 1.83. The average molecular weight is 360 g/mol. The van der Waals surface area contributed by atoms with Gasteiger partial charge in [-0.15, -0.1) is 0 Å². The molecule has 2 aromatic rings. The molecule has 0 spiro atoms. The fourth-order valence-corrected chi connectivity index (χ4v) is 2.79. The molecule has 0 aliphatic heterocycles. The van der Waals surface area contributed by atoms with E-state index in [1.807, 2.05) is 31.2 Å². The molecule has 7 heteroatoms. The molecule has 6 nitrogen and oxygen atoms in total. The first-order valence-electron chi connectivity index (χ1n) is 7.74. The molecule has 25 heavy (non-hydrogen) atoms. The fraction of sp³-hybridized carbons (Fsp3) is 0.278. The number of ether oxygens (including phenoxy) is 2. The number of nitrogens with zero attached hydrogens (tertiary/aromatic N) is 1. The Bertz CT molecular complexity index is 753. The second-order valence-electron chi connectivity index (χ2n) is 5.28. The number of aromatic nitrogens is 1. The van der Waals surface area contributed by atoms with Gasteiger partial charge in [0.15, 0.2) is 5.13 Å². The number of anilines is 1. The van der Waals surface area contributed by atoms with Gasteiger partial charge in [-0.3, -0.25) is 4.79 Å². The molecule has 2 rings (SSSR count). The predicted octanol–water partition coefficient (Wildman–Crippen LogP) is 3.51. The number of hydrogen-bond donors (Lipinski definition) is 1. The number of benzene rings is 1. The summed E-state index contributed by atoms with van der Waals surface area (Å²) in [5, 5.41) is 3.03. The normalized spacial score (nSPS) is 10.2. The molecule has 0 aliphatic rings. The summed E-state index contributed by atoms with van der Waals surface area (Å²) < 4.78 is 10.5. The van der Waals surface area contributed by atoms with Gasteiger partial charge in [-0.25, -0.2) is 9.78 Å². The second kappa shape index (κ2) is 8.98. The third-order valence-corrected chi connectivity index (χ3v) is 4.23. The zero-order chi connectivity index (χ0) is 18.2. The molecule has 1 N–H and O–H groups in total.